The molecule has 0 fully saturated rings. The lowest BCUT2D eigenvalue weighted by molar-refractivity contribution is -0.161. The van der Waals surface area contributed by atoms with Crippen LogP contribution in [0.1, 0.15) is 362 Å². The Morgan fingerprint density at radius 3 is 0.764 bits per heavy atom. The van der Waals surface area contributed by atoms with Crippen LogP contribution in [0.25, 0.3) is 0 Å². The van der Waals surface area contributed by atoms with Crippen molar-refractivity contribution in [1.29, 1.82) is 0 Å². The van der Waals surface area contributed by atoms with E-state index in [1.165, 1.54) is 180 Å². The molecule has 19 heteroatoms. The molecular formula is C70H136O17P2. The van der Waals surface area contributed by atoms with Gasteiger partial charge in [-0.25, -0.2) is 9.13 Å². The van der Waals surface area contributed by atoms with Crippen molar-refractivity contribution in [1.82, 2.24) is 0 Å². The fraction of sp³-hybridized carbons (Fsp3) is 0.943. The van der Waals surface area contributed by atoms with Crippen molar-refractivity contribution in [3.8, 4) is 0 Å². The number of carbonyl (C=O) groups excluding carboxylic acids is 4. The van der Waals surface area contributed by atoms with Gasteiger partial charge in [0, 0.05) is 25.7 Å². The van der Waals surface area contributed by atoms with E-state index >= 15 is 0 Å². The zero-order valence-corrected chi connectivity index (χ0v) is 59.4. The summed E-state index contributed by atoms with van der Waals surface area (Å²) in [6.45, 7) is 7.14. The van der Waals surface area contributed by atoms with Gasteiger partial charge in [-0.05, 0) is 31.6 Å². The summed E-state index contributed by atoms with van der Waals surface area (Å²) in [5.41, 5.74) is 0. The Bertz CT molecular complexity index is 1720. The second kappa shape index (κ2) is 63.5. The summed E-state index contributed by atoms with van der Waals surface area (Å²) in [5.74, 6) is -1.38. The molecule has 0 heterocycles. The third-order valence-corrected chi connectivity index (χ3v) is 18.2. The summed E-state index contributed by atoms with van der Waals surface area (Å²) < 4.78 is 68.0. The zero-order valence-electron chi connectivity index (χ0n) is 57.6. The number of phosphoric acid groups is 2. The lowest BCUT2D eigenvalue weighted by atomic mass is 10.0. The summed E-state index contributed by atoms with van der Waals surface area (Å²) >= 11 is 0. The van der Waals surface area contributed by atoms with Crippen LogP contribution in [0.2, 0.25) is 0 Å². The van der Waals surface area contributed by atoms with Crippen molar-refractivity contribution in [2.45, 2.75) is 380 Å². The normalized spacial score (nSPS) is 14.1. The van der Waals surface area contributed by atoms with E-state index in [0.29, 0.717) is 25.7 Å². The first-order valence-corrected chi connectivity index (χ1v) is 39.6. The highest BCUT2D eigenvalue weighted by Gasteiger charge is 2.30. The number of esters is 4. The third-order valence-electron chi connectivity index (χ3n) is 16.3. The standard InChI is InChI=1S/C70H136O17P2/c1-6-9-12-15-17-19-21-22-23-24-25-26-27-28-29-30-31-37-41-46-51-56-70(75)87-66(60-81-68(73)54-49-44-39-36-33-32-34-38-43-47-52-63(4)5)62-85-89(78,79)83-58-64(71)57-82-88(76,77)84-61-65(59-80-67(72)53-48-42-14-11-8-3)86-69(74)55-50-45-40-35-20-18-16-13-10-7-2/h63-66,71H,6-62H2,1-5H3,(H,76,77)(H,78,79)/t64-,65+,66+/m0/s1. The Kier molecular flexibility index (Phi) is 62.1. The molecule has 3 N–H and O–H groups in total. The van der Waals surface area contributed by atoms with Crippen LogP contribution in [0.5, 0.6) is 0 Å². The molecule has 0 spiro atoms. The van der Waals surface area contributed by atoms with E-state index < -0.39 is 97.5 Å². The number of carbonyl (C=O) groups is 4. The molecule has 89 heavy (non-hydrogen) atoms. The minimum absolute atomic E-state index is 0.106. The molecule has 0 aromatic heterocycles. The van der Waals surface area contributed by atoms with E-state index in [-0.39, 0.29) is 25.7 Å². The minimum atomic E-state index is -4.95. The summed E-state index contributed by atoms with van der Waals surface area (Å²) in [5, 5.41) is 10.5. The largest absolute Gasteiger partial charge is 0.472 e. The molecule has 0 aromatic carbocycles. The first-order chi connectivity index (χ1) is 43.0. The van der Waals surface area contributed by atoms with Gasteiger partial charge >= 0.3 is 39.5 Å². The SMILES string of the molecule is CCCCCCCCCCCCCCCCCCCCCCCC(=O)O[C@H](COC(=O)CCCCCCCCCCCCC(C)C)COP(=O)(O)OC[C@@H](O)COP(=O)(O)OC[C@@H](COC(=O)CCCCCCC)OC(=O)CCCCCCCCCCCC. The Morgan fingerprint density at radius 1 is 0.303 bits per heavy atom. The molecule has 0 radical (unpaired) electrons. The number of unbranched alkanes of at least 4 members (excludes halogenated alkanes) is 42. The highest BCUT2D eigenvalue weighted by molar-refractivity contribution is 7.47. The van der Waals surface area contributed by atoms with E-state index in [1.54, 1.807) is 0 Å². The van der Waals surface area contributed by atoms with E-state index in [0.717, 1.165) is 102 Å². The average molecular weight is 1310 g/mol. The Morgan fingerprint density at radius 2 is 0.517 bits per heavy atom. The van der Waals surface area contributed by atoms with E-state index in [4.69, 9.17) is 37.0 Å². The molecule has 0 amide bonds. The summed E-state index contributed by atoms with van der Waals surface area (Å²) in [6, 6.07) is 0. The van der Waals surface area contributed by atoms with Crippen molar-refractivity contribution in [3.05, 3.63) is 0 Å². The van der Waals surface area contributed by atoms with Gasteiger partial charge in [-0.1, -0.05) is 311 Å². The molecule has 0 aliphatic rings. The molecule has 0 rings (SSSR count). The van der Waals surface area contributed by atoms with Gasteiger partial charge in [0.25, 0.3) is 0 Å². The number of aliphatic hydroxyl groups excluding tert-OH is 1. The van der Waals surface area contributed by atoms with Gasteiger partial charge < -0.3 is 33.8 Å². The monoisotopic (exact) mass is 1310 g/mol. The zero-order chi connectivity index (χ0) is 65.6. The van der Waals surface area contributed by atoms with Gasteiger partial charge in [0.1, 0.15) is 19.3 Å². The van der Waals surface area contributed by atoms with Crippen molar-refractivity contribution in [3.63, 3.8) is 0 Å². The van der Waals surface area contributed by atoms with Crippen LogP contribution in [0.4, 0.5) is 0 Å². The fourth-order valence-electron chi connectivity index (χ4n) is 10.6. The molecule has 0 saturated carbocycles. The fourth-order valence-corrected chi connectivity index (χ4v) is 12.2. The molecule has 0 saturated heterocycles. The van der Waals surface area contributed by atoms with Gasteiger partial charge in [-0.3, -0.25) is 37.3 Å². The average Bonchev–Trinajstić information content (AvgIpc) is 3.57. The Labute approximate surface area is 543 Å². The highest BCUT2D eigenvalue weighted by Crippen LogP contribution is 2.45. The predicted octanol–water partition coefficient (Wildman–Crippen LogP) is 20.1. The predicted molar refractivity (Wildman–Crippen MR) is 358 cm³/mol. The second-order valence-electron chi connectivity index (χ2n) is 25.7. The smallest absolute Gasteiger partial charge is 0.462 e. The second-order valence-corrected chi connectivity index (χ2v) is 28.7. The lowest BCUT2D eigenvalue weighted by Crippen LogP contribution is -2.30. The first kappa shape index (κ1) is 87.1. The van der Waals surface area contributed by atoms with Gasteiger partial charge in [-0.15, -0.1) is 0 Å². The summed E-state index contributed by atoms with van der Waals surface area (Å²) in [4.78, 5) is 72.2. The maximum Gasteiger partial charge on any atom is 0.472 e. The molecule has 17 nitrogen and oxygen atoms in total. The summed E-state index contributed by atoms with van der Waals surface area (Å²) in [6.07, 6.45) is 50.5. The third kappa shape index (κ3) is 64.6. The number of rotatable bonds is 70. The topological polar surface area (TPSA) is 237 Å². The van der Waals surface area contributed by atoms with Crippen molar-refractivity contribution >= 4 is 39.5 Å². The highest BCUT2D eigenvalue weighted by atomic mass is 31.2. The van der Waals surface area contributed by atoms with Crippen molar-refractivity contribution in [2.75, 3.05) is 39.6 Å². The molecule has 0 bridgehead atoms. The molecular weight excluding hydrogens is 1170 g/mol. The number of ether oxygens (including phenoxy) is 4. The van der Waals surface area contributed by atoms with Crippen LogP contribution < -0.4 is 0 Å². The van der Waals surface area contributed by atoms with Crippen LogP contribution in [0, 0.1) is 5.92 Å². The quantitative estimate of drug-likeness (QED) is 0.0222. The van der Waals surface area contributed by atoms with Gasteiger partial charge in [0.05, 0.1) is 26.4 Å². The molecule has 5 atom stereocenters. The minimum Gasteiger partial charge on any atom is -0.462 e. The maximum absolute atomic E-state index is 13.0. The van der Waals surface area contributed by atoms with Gasteiger partial charge in [-0.2, -0.15) is 0 Å². The Hall–Kier alpha value is -1.94. The van der Waals surface area contributed by atoms with Crippen LogP contribution in [-0.2, 0) is 65.4 Å². The van der Waals surface area contributed by atoms with Gasteiger partial charge in [0.15, 0.2) is 12.2 Å². The molecule has 0 aliphatic heterocycles. The van der Waals surface area contributed by atoms with E-state index in [9.17, 15) is 43.2 Å². The number of hydrogen-bond acceptors (Lipinski definition) is 15. The van der Waals surface area contributed by atoms with Crippen LogP contribution >= 0.6 is 15.6 Å². The maximum atomic E-state index is 13.0. The number of phosphoric ester groups is 2. The van der Waals surface area contributed by atoms with Gasteiger partial charge in [0.2, 0.25) is 0 Å². The summed E-state index contributed by atoms with van der Waals surface area (Å²) in [7, 11) is -9.89. The molecule has 0 aliphatic carbocycles. The number of aliphatic hydroxyl groups is 1. The van der Waals surface area contributed by atoms with Crippen LogP contribution in [0.3, 0.4) is 0 Å². The van der Waals surface area contributed by atoms with Crippen LogP contribution in [0.15, 0.2) is 0 Å². The Balaban J connectivity index is 5.10. The lowest BCUT2D eigenvalue weighted by Gasteiger charge is -2.21. The van der Waals surface area contributed by atoms with Crippen LogP contribution in [-0.4, -0.2) is 96.7 Å². The van der Waals surface area contributed by atoms with Crippen molar-refractivity contribution in [2.24, 2.45) is 5.92 Å². The molecule has 0 aromatic rings. The van der Waals surface area contributed by atoms with Crippen molar-refractivity contribution < 1.29 is 80.2 Å². The molecule has 528 valence electrons. The number of hydrogen-bond donors (Lipinski definition) is 3. The van der Waals surface area contributed by atoms with E-state index in [2.05, 4.69) is 34.6 Å². The van der Waals surface area contributed by atoms with E-state index in [1.807, 2.05) is 0 Å². The molecule has 2 unspecified atom stereocenters. The first-order valence-electron chi connectivity index (χ1n) is 36.6.